The van der Waals surface area contributed by atoms with Crippen LogP contribution in [0.15, 0.2) is 4.21 Å². The van der Waals surface area contributed by atoms with Crippen LogP contribution in [0.2, 0.25) is 0 Å². The van der Waals surface area contributed by atoms with Gasteiger partial charge in [-0.05, 0) is 6.92 Å². The molecular weight excluding hydrogens is 302 g/mol. The van der Waals surface area contributed by atoms with Crippen molar-refractivity contribution in [1.29, 1.82) is 0 Å². The van der Waals surface area contributed by atoms with Crippen LogP contribution >= 0.6 is 11.3 Å². The van der Waals surface area contributed by atoms with Gasteiger partial charge in [0.05, 0.1) is 5.69 Å². The van der Waals surface area contributed by atoms with E-state index in [1.54, 1.807) is 0 Å². The van der Waals surface area contributed by atoms with Crippen molar-refractivity contribution in [3.63, 3.8) is 0 Å². The number of carbonyl (C=O) groups is 1. The Bertz CT molecular complexity index is 673. The maximum atomic E-state index is 11.3. The van der Waals surface area contributed by atoms with Gasteiger partial charge in [0.15, 0.2) is 19.2 Å². The van der Waals surface area contributed by atoms with Gasteiger partial charge in [-0.1, -0.05) is 11.3 Å². The van der Waals surface area contributed by atoms with Gasteiger partial charge in [0, 0.05) is 6.26 Å². The van der Waals surface area contributed by atoms with Gasteiger partial charge in [-0.25, -0.2) is 27.0 Å². The summed E-state index contributed by atoms with van der Waals surface area (Å²) in [5.74, 6) is -1.48. The van der Waals surface area contributed by atoms with Crippen LogP contribution in [0.1, 0.15) is 5.69 Å². The number of hydrogen-bond acceptors (Lipinski definition) is 7. The molecule has 0 bridgehead atoms. The minimum absolute atomic E-state index is 0.00910. The van der Waals surface area contributed by atoms with E-state index in [-0.39, 0.29) is 15.0 Å². The maximum absolute atomic E-state index is 11.3. The molecule has 0 spiro atoms. The van der Waals surface area contributed by atoms with Crippen LogP contribution < -0.4 is 10.5 Å². The lowest BCUT2D eigenvalue weighted by atomic mass is 10.6. The highest BCUT2D eigenvalue weighted by atomic mass is 32.2. The predicted octanol–water partition coefficient (Wildman–Crippen LogP) is -0.918. The Balaban J connectivity index is 2.92. The highest BCUT2D eigenvalue weighted by Crippen LogP contribution is 2.25. The molecule has 11 heteroatoms. The molecule has 8 nitrogen and oxygen atoms in total. The molecule has 0 aromatic carbocycles. The van der Waals surface area contributed by atoms with E-state index in [0.29, 0.717) is 11.3 Å². The standard InChI is InChI=1S/C7H11N3O5S3/c1-4-6(18(8,14)15)16-7(9-4)10-5(11)3-17(2,12)13/h3H2,1-2H3,(H2,8,14,15)(H,9,10,11). The molecule has 18 heavy (non-hydrogen) atoms. The summed E-state index contributed by atoms with van der Waals surface area (Å²) in [6.07, 6.45) is 0.912. The molecule has 0 atom stereocenters. The summed E-state index contributed by atoms with van der Waals surface area (Å²) in [6, 6.07) is 0. The van der Waals surface area contributed by atoms with Crippen molar-refractivity contribution in [1.82, 2.24) is 4.98 Å². The number of aromatic nitrogens is 1. The van der Waals surface area contributed by atoms with E-state index in [1.807, 2.05) is 0 Å². The molecular formula is C7H11N3O5S3. The predicted molar refractivity (Wildman–Crippen MR) is 66.6 cm³/mol. The molecule has 1 aromatic heterocycles. The number of primary sulfonamides is 1. The monoisotopic (exact) mass is 313 g/mol. The SMILES string of the molecule is Cc1nc(NC(=O)CS(C)(=O)=O)sc1S(N)(=O)=O. The number of anilines is 1. The van der Waals surface area contributed by atoms with Crippen LogP contribution in [0.5, 0.6) is 0 Å². The van der Waals surface area contributed by atoms with Crippen LogP contribution in [0.25, 0.3) is 0 Å². The highest BCUT2D eigenvalue weighted by molar-refractivity contribution is 7.91. The molecule has 1 aromatic rings. The fraction of sp³-hybridized carbons (Fsp3) is 0.429. The molecule has 102 valence electrons. The van der Waals surface area contributed by atoms with Crippen molar-refractivity contribution in [3.8, 4) is 0 Å². The second-order valence-electron chi connectivity index (χ2n) is 3.56. The zero-order valence-electron chi connectivity index (χ0n) is 9.50. The quantitative estimate of drug-likeness (QED) is 0.738. The topological polar surface area (TPSA) is 136 Å². The number of hydrogen-bond donors (Lipinski definition) is 2. The lowest BCUT2D eigenvalue weighted by molar-refractivity contribution is -0.113. The van der Waals surface area contributed by atoms with Crippen LogP contribution in [0.4, 0.5) is 5.13 Å². The first kappa shape index (κ1) is 15.0. The summed E-state index contributed by atoms with van der Waals surface area (Å²) in [7, 11) is -7.35. The summed E-state index contributed by atoms with van der Waals surface area (Å²) in [4.78, 5) is 15.1. The number of rotatable bonds is 4. The zero-order valence-corrected chi connectivity index (χ0v) is 11.9. The van der Waals surface area contributed by atoms with Gasteiger partial charge in [0.2, 0.25) is 15.9 Å². The van der Waals surface area contributed by atoms with E-state index in [2.05, 4.69) is 10.3 Å². The Labute approximate surface area is 108 Å². The normalized spacial score (nSPS) is 12.4. The molecule has 0 aliphatic rings. The second-order valence-corrected chi connectivity index (χ2v) is 8.45. The minimum Gasteiger partial charge on any atom is -0.301 e. The van der Waals surface area contributed by atoms with Crippen LogP contribution in [-0.4, -0.2) is 39.7 Å². The van der Waals surface area contributed by atoms with Crippen molar-refractivity contribution in [2.24, 2.45) is 5.14 Å². The average molecular weight is 313 g/mol. The summed E-state index contributed by atoms with van der Waals surface area (Å²) in [5.41, 5.74) is 0.150. The number of sulfonamides is 1. The summed E-state index contributed by atoms with van der Waals surface area (Å²) in [6.45, 7) is 1.42. The molecule has 0 fully saturated rings. The first-order valence-electron chi connectivity index (χ1n) is 4.47. The molecule has 0 aliphatic heterocycles. The zero-order chi connectivity index (χ0) is 14.1. The third-order valence-corrected chi connectivity index (χ3v) is 5.07. The second kappa shape index (κ2) is 4.91. The van der Waals surface area contributed by atoms with E-state index in [1.165, 1.54) is 6.92 Å². The first-order valence-corrected chi connectivity index (χ1v) is 8.89. The number of carbonyl (C=O) groups excluding carboxylic acids is 1. The molecule has 0 saturated heterocycles. The average Bonchev–Trinajstić information content (AvgIpc) is 2.41. The lowest BCUT2D eigenvalue weighted by Gasteiger charge is -1.98. The number of amides is 1. The van der Waals surface area contributed by atoms with E-state index in [9.17, 15) is 21.6 Å². The third-order valence-electron chi connectivity index (χ3n) is 1.65. The van der Waals surface area contributed by atoms with Gasteiger partial charge >= 0.3 is 0 Å². The van der Waals surface area contributed by atoms with Crippen molar-refractivity contribution < 1.29 is 21.6 Å². The Kier molecular flexibility index (Phi) is 4.10. The molecule has 0 saturated carbocycles. The van der Waals surface area contributed by atoms with E-state index < -0.39 is 31.5 Å². The summed E-state index contributed by atoms with van der Waals surface area (Å²) < 4.78 is 43.8. The van der Waals surface area contributed by atoms with E-state index >= 15 is 0 Å². The Morgan fingerprint density at radius 2 is 1.94 bits per heavy atom. The number of aryl methyl sites for hydroxylation is 1. The number of sulfone groups is 1. The molecule has 1 rings (SSSR count). The summed E-state index contributed by atoms with van der Waals surface area (Å²) >= 11 is 0.670. The van der Waals surface area contributed by atoms with Crippen LogP contribution in [0.3, 0.4) is 0 Å². The number of nitrogens with one attached hydrogen (secondary N) is 1. The minimum atomic E-state index is -3.90. The van der Waals surface area contributed by atoms with Gasteiger partial charge < -0.3 is 5.32 Å². The van der Waals surface area contributed by atoms with Gasteiger partial charge in [0.1, 0.15) is 5.75 Å². The molecule has 0 radical (unpaired) electrons. The highest BCUT2D eigenvalue weighted by Gasteiger charge is 2.19. The largest absolute Gasteiger partial charge is 0.301 e. The molecule has 3 N–H and O–H groups in total. The van der Waals surface area contributed by atoms with Crippen LogP contribution in [0, 0.1) is 6.92 Å². The van der Waals surface area contributed by atoms with E-state index in [4.69, 9.17) is 5.14 Å². The van der Waals surface area contributed by atoms with Crippen molar-refractivity contribution in [2.45, 2.75) is 11.1 Å². The Morgan fingerprint density at radius 1 is 1.39 bits per heavy atom. The molecule has 0 aliphatic carbocycles. The van der Waals surface area contributed by atoms with E-state index in [0.717, 1.165) is 6.26 Å². The fourth-order valence-corrected chi connectivity index (χ4v) is 3.52. The Morgan fingerprint density at radius 3 is 2.33 bits per heavy atom. The molecule has 1 heterocycles. The smallest absolute Gasteiger partial charge is 0.249 e. The third kappa shape index (κ3) is 4.33. The van der Waals surface area contributed by atoms with Crippen LogP contribution in [-0.2, 0) is 24.7 Å². The van der Waals surface area contributed by atoms with Gasteiger partial charge in [0.25, 0.3) is 0 Å². The first-order chi connectivity index (χ1) is 7.99. The Hall–Kier alpha value is -1.04. The van der Waals surface area contributed by atoms with Crippen molar-refractivity contribution in [2.75, 3.05) is 17.3 Å². The van der Waals surface area contributed by atoms with Gasteiger partial charge in [-0.3, -0.25) is 4.79 Å². The number of nitrogens with two attached hydrogens (primary N) is 1. The lowest BCUT2D eigenvalue weighted by Crippen LogP contribution is -2.21. The van der Waals surface area contributed by atoms with Gasteiger partial charge in [-0.2, -0.15) is 0 Å². The van der Waals surface area contributed by atoms with Crippen molar-refractivity contribution in [3.05, 3.63) is 5.69 Å². The number of nitrogens with zero attached hydrogens (tertiary/aromatic N) is 1. The van der Waals surface area contributed by atoms with Gasteiger partial charge in [-0.15, -0.1) is 0 Å². The molecule has 0 unspecified atom stereocenters. The maximum Gasteiger partial charge on any atom is 0.249 e. The van der Waals surface area contributed by atoms with Crippen molar-refractivity contribution >= 4 is 42.2 Å². The summed E-state index contributed by atoms with van der Waals surface area (Å²) in [5, 5.41) is 7.13. The molecule has 1 amide bonds. The number of thiazole rings is 1. The fourth-order valence-electron chi connectivity index (χ4n) is 1.09.